The van der Waals surface area contributed by atoms with E-state index in [9.17, 15) is 14.0 Å². The Bertz CT molecular complexity index is 941. The molecule has 8 heteroatoms. The van der Waals surface area contributed by atoms with Gasteiger partial charge < -0.3 is 21.1 Å². The maximum Gasteiger partial charge on any atom is 0.414 e. The quantitative estimate of drug-likeness (QED) is 0.601. The predicted octanol–water partition coefficient (Wildman–Crippen LogP) is 2.78. The maximum atomic E-state index is 14.8. The zero-order valence-electron chi connectivity index (χ0n) is 18.1. The smallest absolute Gasteiger partial charge is 0.414 e. The number of nitrogens with one attached hydrogen (secondary N) is 2. The third kappa shape index (κ3) is 5.59. The van der Waals surface area contributed by atoms with Crippen LogP contribution in [0.5, 0.6) is 0 Å². The van der Waals surface area contributed by atoms with Gasteiger partial charge in [0.25, 0.3) is 0 Å². The number of anilines is 1. The minimum absolute atomic E-state index is 0.244. The zero-order chi connectivity index (χ0) is 22.6. The minimum Gasteiger partial charge on any atom is -0.443 e. The fourth-order valence-electron chi connectivity index (χ4n) is 3.26. The van der Waals surface area contributed by atoms with Crippen LogP contribution in [0.4, 0.5) is 14.9 Å². The number of halogens is 1. The molecule has 2 amide bonds. The van der Waals surface area contributed by atoms with Gasteiger partial charge in [0.1, 0.15) is 11.9 Å². The molecular weight excluding hydrogens is 399 g/mol. The monoisotopic (exact) mass is 428 g/mol. The van der Waals surface area contributed by atoms with Gasteiger partial charge in [-0.05, 0) is 49.7 Å². The van der Waals surface area contributed by atoms with Crippen molar-refractivity contribution in [2.75, 3.05) is 24.5 Å². The van der Waals surface area contributed by atoms with Crippen LogP contribution in [-0.2, 0) is 16.1 Å². The largest absolute Gasteiger partial charge is 0.443 e. The molecule has 0 aromatic heterocycles. The average molecular weight is 429 g/mol. The molecule has 4 N–H and O–H groups in total. The lowest BCUT2D eigenvalue weighted by atomic mass is 10.0. The second kappa shape index (κ2) is 9.45. The van der Waals surface area contributed by atoms with Gasteiger partial charge in [-0.15, -0.1) is 0 Å². The van der Waals surface area contributed by atoms with Gasteiger partial charge in [-0.3, -0.25) is 9.69 Å². The molecule has 0 unspecified atom stereocenters. The number of cyclic esters (lactones) is 1. The lowest BCUT2D eigenvalue weighted by Crippen LogP contribution is -2.48. The molecule has 2 aromatic rings. The summed E-state index contributed by atoms with van der Waals surface area (Å²) in [6.07, 6.45) is -0.727. The van der Waals surface area contributed by atoms with Gasteiger partial charge in [-0.2, -0.15) is 0 Å². The fraction of sp³-hybridized carbons (Fsp3) is 0.391. The van der Waals surface area contributed by atoms with Gasteiger partial charge in [0, 0.05) is 18.7 Å². The van der Waals surface area contributed by atoms with E-state index in [-0.39, 0.29) is 12.0 Å². The normalized spacial score (nSPS) is 16.4. The first-order chi connectivity index (χ1) is 14.7. The number of carbonyl (C=O) groups excluding carboxylic acids is 2. The summed E-state index contributed by atoms with van der Waals surface area (Å²) < 4.78 is 20.2. The van der Waals surface area contributed by atoms with Crippen molar-refractivity contribution in [3.8, 4) is 11.1 Å². The SMILES string of the molecule is CCNC[C@H]1CN(c2ccc(-c3ccc(CNC(=O)C(C)(C)N)cc3)c(F)c2)C(=O)O1. The fourth-order valence-corrected chi connectivity index (χ4v) is 3.26. The molecule has 0 aliphatic carbocycles. The van der Waals surface area contributed by atoms with Crippen LogP contribution in [0.3, 0.4) is 0 Å². The number of nitrogens with two attached hydrogens (primary N) is 1. The molecule has 0 saturated carbocycles. The van der Waals surface area contributed by atoms with E-state index in [2.05, 4.69) is 10.6 Å². The van der Waals surface area contributed by atoms with Crippen molar-refractivity contribution in [2.24, 2.45) is 5.73 Å². The summed E-state index contributed by atoms with van der Waals surface area (Å²) >= 11 is 0. The summed E-state index contributed by atoms with van der Waals surface area (Å²) in [5.74, 6) is -0.669. The highest BCUT2D eigenvalue weighted by Crippen LogP contribution is 2.29. The van der Waals surface area contributed by atoms with Crippen molar-refractivity contribution in [3.05, 3.63) is 53.8 Å². The van der Waals surface area contributed by atoms with E-state index in [1.807, 2.05) is 19.1 Å². The van der Waals surface area contributed by atoms with Crippen molar-refractivity contribution < 1.29 is 18.7 Å². The topological polar surface area (TPSA) is 96.7 Å². The Morgan fingerprint density at radius 2 is 1.97 bits per heavy atom. The van der Waals surface area contributed by atoms with Gasteiger partial charge in [0.2, 0.25) is 5.91 Å². The number of carbonyl (C=O) groups is 2. The molecule has 7 nitrogen and oxygen atoms in total. The summed E-state index contributed by atoms with van der Waals surface area (Å²) in [5.41, 5.74) is 7.30. The first-order valence-electron chi connectivity index (χ1n) is 10.3. The molecule has 1 aliphatic heterocycles. The van der Waals surface area contributed by atoms with E-state index in [4.69, 9.17) is 10.5 Å². The van der Waals surface area contributed by atoms with E-state index in [1.165, 1.54) is 11.0 Å². The standard InChI is InChI=1S/C23H29FN4O3/c1-4-26-13-18-14-28(22(30)31-18)17-9-10-19(20(24)11-17)16-7-5-15(6-8-16)12-27-21(29)23(2,3)25/h5-11,18,26H,4,12-14,25H2,1-3H3,(H,27,29)/t18-/m0/s1. The molecular formula is C23H29FN4O3. The molecule has 31 heavy (non-hydrogen) atoms. The Kier molecular flexibility index (Phi) is 6.92. The maximum absolute atomic E-state index is 14.8. The lowest BCUT2D eigenvalue weighted by Gasteiger charge is -2.18. The number of ether oxygens (including phenoxy) is 1. The Hall–Kier alpha value is -2.97. The molecule has 0 bridgehead atoms. The molecule has 1 aliphatic rings. The highest BCUT2D eigenvalue weighted by atomic mass is 19.1. The summed E-state index contributed by atoms with van der Waals surface area (Å²) in [7, 11) is 0. The molecule has 3 rings (SSSR count). The molecule has 0 spiro atoms. The van der Waals surface area contributed by atoms with E-state index >= 15 is 0 Å². The number of nitrogens with zero attached hydrogens (tertiary/aromatic N) is 1. The van der Waals surface area contributed by atoms with Crippen molar-refractivity contribution in [3.63, 3.8) is 0 Å². The third-order valence-electron chi connectivity index (χ3n) is 5.06. The van der Waals surface area contributed by atoms with Crippen molar-refractivity contribution >= 4 is 17.7 Å². The van der Waals surface area contributed by atoms with Crippen LogP contribution in [-0.4, -0.2) is 43.3 Å². The van der Waals surface area contributed by atoms with Crippen LogP contribution in [0.15, 0.2) is 42.5 Å². The summed E-state index contributed by atoms with van der Waals surface area (Å²) in [6, 6.07) is 12.0. The van der Waals surface area contributed by atoms with Crippen LogP contribution in [0.1, 0.15) is 26.3 Å². The molecule has 2 aromatic carbocycles. The Morgan fingerprint density at radius 3 is 2.58 bits per heavy atom. The van der Waals surface area contributed by atoms with Gasteiger partial charge in [0.05, 0.1) is 17.8 Å². The number of hydrogen-bond acceptors (Lipinski definition) is 5. The van der Waals surface area contributed by atoms with Crippen LogP contribution in [0.2, 0.25) is 0 Å². The van der Waals surface area contributed by atoms with E-state index < -0.39 is 17.4 Å². The third-order valence-corrected chi connectivity index (χ3v) is 5.06. The number of rotatable bonds is 8. The van der Waals surface area contributed by atoms with Gasteiger partial charge in [0.15, 0.2) is 0 Å². The molecule has 1 fully saturated rings. The Morgan fingerprint density at radius 1 is 1.26 bits per heavy atom. The van der Waals surface area contributed by atoms with E-state index in [0.717, 1.165) is 12.1 Å². The Labute approximate surface area is 181 Å². The van der Waals surface area contributed by atoms with Crippen LogP contribution in [0.25, 0.3) is 11.1 Å². The van der Waals surface area contributed by atoms with Crippen LogP contribution >= 0.6 is 0 Å². The molecule has 1 atom stereocenters. The number of benzene rings is 2. The lowest BCUT2D eigenvalue weighted by molar-refractivity contribution is -0.125. The summed E-state index contributed by atoms with van der Waals surface area (Å²) in [6.45, 7) is 7.33. The summed E-state index contributed by atoms with van der Waals surface area (Å²) in [5, 5.41) is 5.92. The van der Waals surface area contributed by atoms with Gasteiger partial charge in [-0.25, -0.2) is 9.18 Å². The molecule has 166 valence electrons. The average Bonchev–Trinajstić information content (AvgIpc) is 3.10. The van der Waals surface area contributed by atoms with Crippen LogP contribution < -0.4 is 21.3 Å². The van der Waals surface area contributed by atoms with E-state index in [1.54, 1.807) is 38.1 Å². The first-order valence-corrected chi connectivity index (χ1v) is 10.3. The molecule has 1 saturated heterocycles. The Balaban J connectivity index is 1.67. The number of amides is 2. The minimum atomic E-state index is -0.945. The van der Waals surface area contributed by atoms with Gasteiger partial charge in [-0.1, -0.05) is 31.2 Å². The highest BCUT2D eigenvalue weighted by molar-refractivity contribution is 5.90. The number of hydrogen-bond donors (Lipinski definition) is 3. The second-order valence-electron chi connectivity index (χ2n) is 8.19. The summed E-state index contributed by atoms with van der Waals surface area (Å²) in [4.78, 5) is 25.5. The molecule has 1 heterocycles. The second-order valence-corrected chi connectivity index (χ2v) is 8.19. The first kappa shape index (κ1) is 22.7. The van der Waals surface area contributed by atoms with Crippen LogP contribution in [0, 0.1) is 5.82 Å². The van der Waals surface area contributed by atoms with Crippen molar-refractivity contribution in [1.29, 1.82) is 0 Å². The van der Waals surface area contributed by atoms with Crippen molar-refractivity contribution in [2.45, 2.75) is 39.0 Å². The number of likely N-dealkylation sites (N-methyl/N-ethyl adjacent to an activating group) is 1. The predicted molar refractivity (Wildman–Crippen MR) is 118 cm³/mol. The van der Waals surface area contributed by atoms with E-state index in [0.29, 0.717) is 36.4 Å². The zero-order valence-corrected chi connectivity index (χ0v) is 18.1. The van der Waals surface area contributed by atoms with Gasteiger partial charge >= 0.3 is 6.09 Å². The van der Waals surface area contributed by atoms with Crippen molar-refractivity contribution in [1.82, 2.24) is 10.6 Å². The highest BCUT2D eigenvalue weighted by Gasteiger charge is 2.32. The molecule has 0 radical (unpaired) electrons.